The molecular formula is C10H12N2O2. The molecule has 14 heavy (non-hydrogen) atoms. The third-order valence-corrected chi connectivity index (χ3v) is 1.75. The number of nitrogens with one attached hydrogen (secondary N) is 2. The van der Waals surface area contributed by atoms with Crippen LogP contribution in [0.2, 0.25) is 0 Å². The Kier molecular flexibility index (Phi) is 4.20. The summed E-state index contributed by atoms with van der Waals surface area (Å²) in [5.41, 5.74) is 5.46. The van der Waals surface area contributed by atoms with Crippen LogP contribution in [0, 0.1) is 0 Å². The summed E-state index contributed by atoms with van der Waals surface area (Å²) in [7, 11) is 0. The fraction of sp³-hybridized carbons (Fsp3) is 0.200. The number of carbonyl (C=O) groups excluding carboxylic acids is 2. The molecular weight excluding hydrogens is 180 g/mol. The molecule has 0 radical (unpaired) electrons. The lowest BCUT2D eigenvalue weighted by Crippen LogP contribution is -2.36. The van der Waals surface area contributed by atoms with E-state index in [0.29, 0.717) is 19.3 Å². The van der Waals surface area contributed by atoms with Crippen LogP contribution in [0.15, 0.2) is 30.3 Å². The third kappa shape index (κ3) is 3.71. The topological polar surface area (TPSA) is 58.2 Å². The van der Waals surface area contributed by atoms with Crippen LogP contribution in [-0.2, 0) is 16.0 Å². The van der Waals surface area contributed by atoms with Gasteiger partial charge >= 0.3 is 0 Å². The molecule has 4 heteroatoms. The summed E-state index contributed by atoms with van der Waals surface area (Å²) in [5, 5.41) is 0. The Morgan fingerprint density at radius 3 is 2.64 bits per heavy atom. The van der Waals surface area contributed by atoms with E-state index in [1.807, 2.05) is 30.3 Å². The lowest BCUT2D eigenvalue weighted by Gasteiger charge is -2.02. The number of benzene rings is 1. The minimum Gasteiger partial charge on any atom is -0.277 e. The van der Waals surface area contributed by atoms with Gasteiger partial charge in [-0.15, -0.1) is 0 Å². The predicted molar refractivity (Wildman–Crippen MR) is 52.1 cm³/mol. The van der Waals surface area contributed by atoms with Gasteiger partial charge < -0.3 is 0 Å². The van der Waals surface area contributed by atoms with Gasteiger partial charge in [0, 0.05) is 6.42 Å². The van der Waals surface area contributed by atoms with Crippen LogP contribution in [0.4, 0.5) is 0 Å². The summed E-state index contributed by atoms with van der Waals surface area (Å²) < 4.78 is 0. The number of hydrogen-bond donors (Lipinski definition) is 2. The van der Waals surface area contributed by atoms with Gasteiger partial charge in [0.15, 0.2) is 0 Å². The van der Waals surface area contributed by atoms with Crippen molar-refractivity contribution in [3.05, 3.63) is 35.9 Å². The first-order valence-corrected chi connectivity index (χ1v) is 4.35. The van der Waals surface area contributed by atoms with Crippen LogP contribution in [0.1, 0.15) is 12.0 Å². The molecule has 2 amide bonds. The van der Waals surface area contributed by atoms with E-state index in [2.05, 4.69) is 10.9 Å². The lowest BCUT2D eigenvalue weighted by molar-refractivity contribution is -0.124. The van der Waals surface area contributed by atoms with Crippen LogP contribution in [-0.4, -0.2) is 12.3 Å². The van der Waals surface area contributed by atoms with E-state index in [1.54, 1.807) is 0 Å². The predicted octanol–water partition coefficient (Wildman–Crippen LogP) is 0.396. The van der Waals surface area contributed by atoms with Crippen molar-refractivity contribution in [2.24, 2.45) is 0 Å². The van der Waals surface area contributed by atoms with Crippen molar-refractivity contribution in [2.75, 3.05) is 0 Å². The van der Waals surface area contributed by atoms with Gasteiger partial charge in [-0.25, -0.2) is 0 Å². The molecule has 74 valence electrons. The maximum atomic E-state index is 11.0. The van der Waals surface area contributed by atoms with Crippen LogP contribution in [0.3, 0.4) is 0 Å². The van der Waals surface area contributed by atoms with E-state index in [1.165, 1.54) is 0 Å². The molecule has 1 rings (SSSR count). The highest BCUT2D eigenvalue weighted by atomic mass is 16.2. The molecule has 4 nitrogen and oxygen atoms in total. The Bertz CT molecular complexity index is 298. The zero-order chi connectivity index (χ0) is 10.2. The lowest BCUT2D eigenvalue weighted by atomic mass is 10.1. The van der Waals surface area contributed by atoms with Gasteiger partial charge in [-0.3, -0.25) is 20.4 Å². The van der Waals surface area contributed by atoms with E-state index in [0.717, 1.165) is 5.56 Å². The second-order valence-corrected chi connectivity index (χ2v) is 2.80. The van der Waals surface area contributed by atoms with Crippen LogP contribution in [0.5, 0.6) is 0 Å². The molecule has 0 spiro atoms. The molecule has 2 N–H and O–H groups in total. The van der Waals surface area contributed by atoms with E-state index in [9.17, 15) is 9.59 Å². The number of carbonyl (C=O) groups is 2. The first-order valence-electron chi connectivity index (χ1n) is 4.35. The maximum Gasteiger partial charge on any atom is 0.238 e. The van der Waals surface area contributed by atoms with Crippen molar-refractivity contribution in [1.82, 2.24) is 10.9 Å². The molecule has 0 saturated heterocycles. The van der Waals surface area contributed by atoms with Gasteiger partial charge in [-0.1, -0.05) is 30.3 Å². The molecule has 0 heterocycles. The Labute approximate surface area is 82.3 Å². The molecule has 0 atom stereocenters. The third-order valence-electron chi connectivity index (χ3n) is 1.75. The summed E-state index contributed by atoms with van der Waals surface area (Å²) in [6.45, 7) is 0. The Hall–Kier alpha value is -1.84. The van der Waals surface area contributed by atoms with Gasteiger partial charge in [0.2, 0.25) is 12.3 Å². The SMILES string of the molecule is O=CNNC(=O)CCc1ccccc1. The summed E-state index contributed by atoms with van der Waals surface area (Å²) in [4.78, 5) is 20.9. The largest absolute Gasteiger partial charge is 0.277 e. The molecule has 0 aromatic heterocycles. The smallest absolute Gasteiger partial charge is 0.238 e. The van der Waals surface area contributed by atoms with E-state index < -0.39 is 0 Å². The van der Waals surface area contributed by atoms with Gasteiger partial charge in [0.05, 0.1) is 0 Å². The molecule has 0 aliphatic carbocycles. The van der Waals surface area contributed by atoms with Crippen molar-refractivity contribution in [3.8, 4) is 0 Å². The van der Waals surface area contributed by atoms with Crippen molar-refractivity contribution in [1.29, 1.82) is 0 Å². The minimum atomic E-state index is -0.194. The van der Waals surface area contributed by atoms with Crippen LogP contribution in [0.25, 0.3) is 0 Å². The summed E-state index contributed by atoms with van der Waals surface area (Å²) in [6.07, 6.45) is 1.47. The molecule has 0 aliphatic rings. The number of rotatable bonds is 5. The van der Waals surface area contributed by atoms with Gasteiger partial charge in [-0.05, 0) is 12.0 Å². The fourth-order valence-corrected chi connectivity index (χ4v) is 1.08. The van der Waals surface area contributed by atoms with Crippen molar-refractivity contribution < 1.29 is 9.59 Å². The fourth-order valence-electron chi connectivity index (χ4n) is 1.08. The zero-order valence-corrected chi connectivity index (χ0v) is 7.69. The highest BCUT2D eigenvalue weighted by molar-refractivity contribution is 5.76. The number of hydrazine groups is 1. The van der Waals surface area contributed by atoms with E-state index >= 15 is 0 Å². The van der Waals surface area contributed by atoms with Crippen molar-refractivity contribution >= 4 is 12.3 Å². The Balaban J connectivity index is 2.27. The van der Waals surface area contributed by atoms with Gasteiger partial charge in [0.1, 0.15) is 0 Å². The molecule has 1 aromatic rings. The molecule has 0 bridgehead atoms. The maximum absolute atomic E-state index is 11.0. The Morgan fingerprint density at radius 2 is 2.00 bits per heavy atom. The van der Waals surface area contributed by atoms with Crippen LogP contribution >= 0.6 is 0 Å². The summed E-state index contributed by atoms with van der Waals surface area (Å²) in [5.74, 6) is -0.194. The van der Waals surface area contributed by atoms with E-state index in [-0.39, 0.29) is 5.91 Å². The average Bonchev–Trinajstić information content (AvgIpc) is 2.25. The average molecular weight is 192 g/mol. The molecule has 0 unspecified atom stereocenters. The zero-order valence-electron chi connectivity index (χ0n) is 7.69. The molecule has 0 saturated carbocycles. The monoisotopic (exact) mass is 192 g/mol. The number of aryl methyl sites for hydroxylation is 1. The number of amides is 2. The highest BCUT2D eigenvalue weighted by Gasteiger charge is 1.99. The number of hydrogen-bond acceptors (Lipinski definition) is 2. The first-order chi connectivity index (χ1) is 6.83. The highest BCUT2D eigenvalue weighted by Crippen LogP contribution is 2.01. The normalized spacial score (nSPS) is 9.14. The van der Waals surface area contributed by atoms with E-state index in [4.69, 9.17) is 0 Å². The first kappa shape index (κ1) is 10.2. The van der Waals surface area contributed by atoms with Gasteiger partial charge in [-0.2, -0.15) is 0 Å². The van der Waals surface area contributed by atoms with Crippen molar-refractivity contribution in [3.63, 3.8) is 0 Å². The van der Waals surface area contributed by atoms with Crippen molar-refractivity contribution in [2.45, 2.75) is 12.8 Å². The molecule has 1 aromatic carbocycles. The molecule has 0 aliphatic heterocycles. The quantitative estimate of drug-likeness (QED) is 0.524. The van der Waals surface area contributed by atoms with Gasteiger partial charge in [0.25, 0.3) is 0 Å². The second-order valence-electron chi connectivity index (χ2n) is 2.80. The second kappa shape index (κ2) is 5.75. The minimum absolute atomic E-state index is 0.194. The summed E-state index contributed by atoms with van der Waals surface area (Å²) in [6, 6.07) is 9.70. The molecule has 0 fully saturated rings. The van der Waals surface area contributed by atoms with Crippen LogP contribution < -0.4 is 10.9 Å². The summed E-state index contributed by atoms with van der Waals surface area (Å²) >= 11 is 0. The Morgan fingerprint density at radius 1 is 1.29 bits per heavy atom. The standard InChI is InChI=1S/C10H12N2O2/c13-8-11-12-10(14)7-6-9-4-2-1-3-5-9/h1-5,8H,6-7H2,(H,11,13)(H,12,14).